The molecule has 0 saturated carbocycles. The van der Waals surface area contributed by atoms with Crippen molar-refractivity contribution in [2.45, 2.75) is 86.6 Å². The molecule has 1 aliphatic heterocycles. The standard InChI is InChI=1S/C24H29FN4O2.C7H15N/c1-4-7-22(30)29-11-10-16-13-19(25)18(12-17(16)14-29)24(31)28-21-9-6-8-20(27-21)23(26)15(3)5-2;1-6(2)4-5-7(3)8/h6,8-9,12-13,15,26H,4-5,7,10-11,14H2,1-3H3,(H,27,28,31);6,8H,4-5H2,1-3H3. The number of benzene rings is 1. The van der Waals surface area contributed by atoms with Gasteiger partial charge in [-0.15, -0.1) is 0 Å². The maximum atomic E-state index is 14.7. The predicted octanol–water partition coefficient (Wildman–Crippen LogP) is 7.03. The molecule has 0 aliphatic carbocycles. The summed E-state index contributed by atoms with van der Waals surface area (Å²) in [5.41, 5.74) is 3.24. The SMILES string of the molecule is CC(=N)CCC(C)C.CCCC(=O)N1CCc2cc(F)c(C(=O)Nc3cccc(C(=N)C(C)CC)n3)cc2C1. The Labute approximate surface area is 232 Å². The maximum Gasteiger partial charge on any atom is 0.259 e. The van der Waals surface area contributed by atoms with E-state index >= 15 is 0 Å². The lowest BCUT2D eigenvalue weighted by molar-refractivity contribution is -0.132. The van der Waals surface area contributed by atoms with Crippen LogP contribution in [0.1, 0.15) is 101 Å². The van der Waals surface area contributed by atoms with Crippen LogP contribution in [0.5, 0.6) is 0 Å². The van der Waals surface area contributed by atoms with E-state index < -0.39 is 11.7 Å². The monoisotopic (exact) mass is 537 g/mol. The molecule has 2 heterocycles. The summed E-state index contributed by atoms with van der Waals surface area (Å²) < 4.78 is 14.7. The lowest BCUT2D eigenvalue weighted by Crippen LogP contribution is -2.36. The van der Waals surface area contributed by atoms with Gasteiger partial charge in [0.2, 0.25) is 5.91 Å². The van der Waals surface area contributed by atoms with Gasteiger partial charge < -0.3 is 21.0 Å². The number of halogens is 1. The number of carbonyl (C=O) groups is 2. The van der Waals surface area contributed by atoms with Crippen molar-refractivity contribution in [2.24, 2.45) is 11.8 Å². The van der Waals surface area contributed by atoms with Crippen LogP contribution >= 0.6 is 0 Å². The zero-order valence-corrected chi connectivity index (χ0v) is 24.3. The number of fused-ring (bicyclic) bond motifs is 1. The van der Waals surface area contributed by atoms with Crippen LogP contribution in [0.2, 0.25) is 0 Å². The van der Waals surface area contributed by atoms with Crippen molar-refractivity contribution in [1.29, 1.82) is 10.8 Å². The molecule has 0 spiro atoms. The molecule has 1 atom stereocenters. The topological polar surface area (TPSA) is 110 Å². The molecule has 3 rings (SSSR count). The van der Waals surface area contributed by atoms with Crippen molar-refractivity contribution >= 4 is 29.1 Å². The fraction of sp³-hybridized carbons (Fsp3) is 0.516. The summed E-state index contributed by atoms with van der Waals surface area (Å²) in [5.74, 6) is -0.0454. The van der Waals surface area contributed by atoms with Gasteiger partial charge in [0, 0.05) is 25.2 Å². The predicted molar refractivity (Wildman–Crippen MR) is 156 cm³/mol. The molecule has 212 valence electrons. The normalized spacial score (nSPS) is 13.2. The van der Waals surface area contributed by atoms with E-state index in [2.05, 4.69) is 24.1 Å². The summed E-state index contributed by atoms with van der Waals surface area (Å²) in [5, 5.41) is 18.0. The Hall–Kier alpha value is -3.42. The number of nitrogens with zero attached hydrogens (tertiary/aromatic N) is 2. The van der Waals surface area contributed by atoms with Gasteiger partial charge in [0.15, 0.2) is 0 Å². The fourth-order valence-corrected chi connectivity index (χ4v) is 4.14. The van der Waals surface area contributed by atoms with Crippen molar-refractivity contribution in [1.82, 2.24) is 9.88 Å². The molecule has 3 N–H and O–H groups in total. The molecule has 1 aliphatic rings. The molecule has 0 fully saturated rings. The van der Waals surface area contributed by atoms with E-state index in [0.29, 0.717) is 37.3 Å². The van der Waals surface area contributed by atoms with E-state index in [1.165, 1.54) is 12.1 Å². The smallest absolute Gasteiger partial charge is 0.259 e. The number of hydrogen-bond donors (Lipinski definition) is 3. The second-order valence-corrected chi connectivity index (χ2v) is 10.7. The second kappa shape index (κ2) is 15.2. The Bertz CT molecular complexity index is 1180. The van der Waals surface area contributed by atoms with Crippen LogP contribution < -0.4 is 5.32 Å². The molecule has 0 radical (unpaired) electrons. The van der Waals surface area contributed by atoms with Crippen LogP contribution in [0.4, 0.5) is 10.2 Å². The summed E-state index contributed by atoms with van der Waals surface area (Å²) in [4.78, 5) is 31.1. The summed E-state index contributed by atoms with van der Waals surface area (Å²) in [6.45, 7) is 13.1. The van der Waals surface area contributed by atoms with Crippen LogP contribution in [0.25, 0.3) is 0 Å². The van der Waals surface area contributed by atoms with Gasteiger partial charge in [-0.2, -0.15) is 0 Å². The molecule has 2 amide bonds. The highest BCUT2D eigenvalue weighted by atomic mass is 19.1. The van der Waals surface area contributed by atoms with Gasteiger partial charge in [-0.1, -0.05) is 40.7 Å². The fourth-order valence-electron chi connectivity index (χ4n) is 4.14. The molecular weight excluding hydrogens is 493 g/mol. The van der Waals surface area contributed by atoms with Crippen molar-refractivity contribution < 1.29 is 14.0 Å². The second-order valence-electron chi connectivity index (χ2n) is 10.7. The quantitative estimate of drug-likeness (QED) is 0.283. The third-order valence-electron chi connectivity index (χ3n) is 6.83. The van der Waals surface area contributed by atoms with Gasteiger partial charge in [-0.25, -0.2) is 9.37 Å². The third-order valence-corrected chi connectivity index (χ3v) is 6.83. The van der Waals surface area contributed by atoms with Gasteiger partial charge in [-0.05, 0) is 86.3 Å². The molecule has 1 unspecified atom stereocenters. The number of amides is 2. The molecule has 39 heavy (non-hydrogen) atoms. The Morgan fingerprint density at radius 1 is 1.10 bits per heavy atom. The van der Waals surface area contributed by atoms with Crippen LogP contribution in [0.3, 0.4) is 0 Å². The first-order chi connectivity index (χ1) is 18.5. The van der Waals surface area contributed by atoms with Gasteiger partial charge >= 0.3 is 0 Å². The number of pyridine rings is 1. The number of anilines is 1. The van der Waals surface area contributed by atoms with Crippen molar-refractivity contribution in [3.63, 3.8) is 0 Å². The molecule has 7 nitrogen and oxygen atoms in total. The van der Waals surface area contributed by atoms with Crippen molar-refractivity contribution in [2.75, 3.05) is 11.9 Å². The van der Waals surface area contributed by atoms with Gasteiger partial charge in [0.05, 0.1) is 17.0 Å². The molecule has 1 aromatic heterocycles. The molecule has 0 bridgehead atoms. The van der Waals surface area contributed by atoms with E-state index in [9.17, 15) is 14.0 Å². The molecule has 0 saturated heterocycles. The minimum Gasteiger partial charge on any atom is -0.338 e. The lowest BCUT2D eigenvalue weighted by atomic mass is 9.96. The number of carbonyl (C=O) groups excluding carboxylic acids is 2. The van der Waals surface area contributed by atoms with Crippen LogP contribution in [-0.4, -0.2) is 39.7 Å². The van der Waals surface area contributed by atoms with Gasteiger partial charge in [0.1, 0.15) is 11.6 Å². The van der Waals surface area contributed by atoms with Crippen molar-refractivity contribution in [3.8, 4) is 0 Å². The molecular formula is C31H44FN5O2. The summed E-state index contributed by atoms with van der Waals surface area (Å²) in [7, 11) is 0. The zero-order valence-electron chi connectivity index (χ0n) is 24.3. The Morgan fingerprint density at radius 3 is 2.41 bits per heavy atom. The van der Waals surface area contributed by atoms with Crippen LogP contribution in [-0.2, 0) is 17.8 Å². The number of rotatable bonds is 10. The Balaban J connectivity index is 0.000000580. The first kappa shape index (κ1) is 31.8. The first-order valence-electron chi connectivity index (χ1n) is 14.0. The highest BCUT2D eigenvalue weighted by Gasteiger charge is 2.24. The van der Waals surface area contributed by atoms with E-state index in [-0.39, 0.29) is 23.2 Å². The average Bonchev–Trinajstić information content (AvgIpc) is 2.91. The zero-order chi connectivity index (χ0) is 29.1. The summed E-state index contributed by atoms with van der Waals surface area (Å²) >= 11 is 0. The Morgan fingerprint density at radius 2 is 1.82 bits per heavy atom. The first-order valence-corrected chi connectivity index (χ1v) is 14.0. The number of aromatic nitrogens is 1. The van der Waals surface area contributed by atoms with Gasteiger partial charge in [0.25, 0.3) is 5.91 Å². The van der Waals surface area contributed by atoms with E-state index in [1.54, 1.807) is 23.1 Å². The molecule has 2 aromatic rings. The summed E-state index contributed by atoms with van der Waals surface area (Å²) in [6, 6.07) is 8.00. The van der Waals surface area contributed by atoms with Crippen molar-refractivity contribution in [3.05, 3.63) is 58.5 Å². The minimum absolute atomic E-state index is 0.0508. The van der Waals surface area contributed by atoms with E-state index in [4.69, 9.17) is 10.8 Å². The number of nitrogens with one attached hydrogen (secondary N) is 3. The largest absolute Gasteiger partial charge is 0.338 e. The van der Waals surface area contributed by atoms with E-state index in [0.717, 1.165) is 48.4 Å². The number of hydrogen-bond acceptors (Lipinski definition) is 5. The Kier molecular flexibility index (Phi) is 12.4. The molecule has 1 aromatic carbocycles. The molecule has 8 heteroatoms. The lowest BCUT2D eigenvalue weighted by Gasteiger charge is -2.29. The average molecular weight is 538 g/mol. The highest BCUT2D eigenvalue weighted by molar-refractivity contribution is 6.05. The highest BCUT2D eigenvalue weighted by Crippen LogP contribution is 2.24. The van der Waals surface area contributed by atoms with Gasteiger partial charge in [-0.3, -0.25) is 9.59 Å². The van der Waals surface area contributed by atoms with Crippen LogP contribution in [0, 0.1) is 28.5 Å². The minimum atomic E-state index is -0.600. The third kappa shape index (κ3) is 9.68. The summed E-state index contributed by atoms with van der Waals surface area (Å²) in [6.07, 6.45) is 4.78. The van der Waals surface area contributed by atoms with E-state index in [1.807, 2.05) is 27.7 Å². The maximum absolute atomic E-state index is 14.7. The van der Waals surface area contributed by atoms with Crippen LogP contribution in [0.15, 0.2) is 30.3 Å².